The van der Waals surface area contributed by atoms with Gasteiger partial charge in [0.25, 0.3) is 0 Å². The lowest BCUT2D eigenvalue weighted by molar-refractivity contribution is 1.13. The summed E-state index contributed by atoms with van der Waals surface area (Å²) in [4.78, 5) is 8.96. The monoisotopic (exact) mass is 340 g/mol. The van der Waals surface area contributed by atoms with Crippen LogP contribution in [0.3, 0.4) is 0 Å². The van der Waals surface area contributed by atoms with Gasteiger partial charge in [0.15, 0.2) is 11.5 Å². The van der Waals surface area contributed by atoms with Gasteiger partial charge in [-0.05, 0) is 30.3 Å². The first-order valence-corrected chi connectivity index (χ1v) is 8.16. The Balaban J connectivity index is 1.76. The second-order valence-electron chi connectivity index (χ2n) is 5.76. The third kappa shape index (κ3) is 2.82. The Morgan fingerprint density at radius 2 is 1.88 bits per heavy atom. The van der Waals surface area contributed by atoms with Crippen molar-refractivity contribution in [3.8, 4) is 17.3 Å². The maximum Gasteiger partial charge on any atom is 0.180 e. The summed E-state index contributed by atoms with van der Waals surface area (Å²) in [6, 6.07) is 17.6. The molecule has 2 heterocycles. The van der Waals surface area contributed by atoms with Crippen molar-refractivity contribution in [2.45, 2.75) is 0 Å². The molecular formula is C20H16N6. The molecule has 0 aliphatic rings. The molecule has 6 heteroatoms. The first-order valence-electron chi connectivity index (χ1n) is 8.16. The highest BCUT2D eigenvalue weighted by Crippen LogP contribution is 2.26. The van der Waals surface area contributed by atoms with Crippen LogP contribution in [0.25, 0.3) is 16.9 Å². The van der Waals surface area contributed by atoms with E-state index in [1.807, 2.05) is 60.1 Å². The predicted octanol–water partition coefficient (Wildman–Crippen LogP) is 4.05. The van der Waals surface area contributed by atoms with E-state index in [4.69, 9.17) is 5.26 Å². The van der Waals surface area contributed by atoms with E-state index < -0.39 is 0 Å². The first kappa shape index (κ1) is 15.7. The van der Waals surface area contributed by atoms with Gasteiger partial charge in [-0.15, -0.1) is 0 Å². The van der Waals surface area contributed by atoms with Crippen molar-refractivity contribution >= 4 is 22.8 Å². The number of benzene rings is 2. The average molecular weight is 340 g/mol. The molecule has 2 aromatic carbocycles. The van der Waals surface area contributed by atoms with Crippen LogP contribution in [-0.2, 0) is 0 Å². The zero-order chi connectivity index (χ0) is 17.9. The molecule has 0 fully saturated rings. The first-order chi connectivity index (χ1) is 12.8. The van der Waals surface area contributed by atoms with Crippen LogP contribution >= 0.6 is 0 Å². The van der Waals surface area contributed by atoms with E-state index in [0.717, 1.165) is 28.3 Å². The molecule has 0 saturated heterocycles. The van der Waals surface area contributed by atoms with Crippen LogP contribution in [0.5, 0.6) is 0 Å². The zero-order valence-corrected chi connectivity index (χ0v) is 14.1. The van der Waals surface area contributed by atoms with Crippen molar-refractivity contribution in [3.63, 3.8) is 0 Å². The second kappa shape index (κ2) is 6.57. The number of fused-ring (bicyclic) bond motifs is 1. The Bertz CT molecular complexity index is 1120. The number of nitrogens with one attached hydrogen (secondary N) is 2. The molecule has 0 spiro atoms. The van der Waals surface area contributed by atoms with Gasteiger partial charge in [0, 0.05) is 36.4 Å². The summed E-state index contributed by atoms with van der Waals surface area (Å²) < 4.78 is 1.97. The van der Waals surface area contributed by atoms with Gasteiger partial charge in [-0.2, -0.15) is 5.26 Å². The predicted molar refractivity (Wildman–Crippen MR) is 102 cm³/mol. The molecule has 0 unspecified atom stereocenters. The molecule has 6 nitrogen and oxygen atoms in total. The molecule has 0 saturated carbocycles. The Hall–Kier alpha value is -3.85. The topological polar surface area (TPSA) is 78.0 Å². The Labute approximate surface area is 150 Å². The van der Waals surface area contributed by atoms with Gasteiger partial charge < -0.3 is 10.6 Å². The normalized spacial score (nSPS) is 10.5. The third-order valence-electron chi connectivity index (χ3n) is 4.13. The van der Waals surface area contributed by atoms with Crippen LogP contribution in [-0.4, -0.2) is 21.4 Å². The van der Waals surface area contributed by atoms with E-state index in [2.05, 4.69) is 26.7 Å². The molecule has 2 N–H and O–H groups in total. The molecule has 0 atom stereocenters. The van der Waals surface area contributed by atoms with Gasteiger partial charge >= 0.3 is 0 Å². The summed E-state index contributed by atoms with van der Waals surface area (Å²) in [6.07, 6.45) is 5.39. The van der Waals surface area contributed by atoms with Gasteiger partial charge in [0.05, 0.1) is 23.5 Å². The number of imidazole rings is 1. The molecule has 4 aromatic rings. The highest BCUT2D eigenvalue weighted by Gasteiger charge is 2.11. The second-order valence-corrected chi connectivity index (χ2v) is 5.76. The quantitative estimate of drug-likeness (QED) is 0.586. The number of nitrogens with zero attached hydrogens (tertiary/aromatic N) is 4. The highest BCUT2D eigenvalue weighted by molar-refractivity contribution is 5.75. The van der Waals surface area contributed by atoms with Gasteiger partial charge in [-0.3, -0.25) is 4.40 Å². The summed E-state index contributed by atoms with van der Waals surface area (Å²) in [5.74, 6) is 0.670. The summed E-state index contributed by atoms with van der Waals surface area (Å²) in [5.41, 5.74) is 5.12. The fourth-order valence-corrected chi connectivity index (χ4v) is 2.86. The number of hydrogen-bond acceptors (Lipinski definition) is 5. The Morgan fingerprint density at radius 1 is 1.04 bits per heavy atom. The number of anilines is 3. The lowest BCUT2D eigenvalue weighted by Crippen LogP contribution is -1.99. The molecule has 0 amide bonds. The van der Waals surface area contributed by atoms with Gasteiger partial charge in [-0.25, -0.2) is 9.97 Å². The largest absolute Gasteiger partial charge is 0.388 e. The lowest BCUT2D eigenvalue weighted by Gasteiger charge is -2.09. The molecule has 4 rings (SSSR count). The smallest absolute Gasteiger partial charge is 0.180 e. The van der Waals surface area contributed by atoms with Crippen LogP contribution in [0, 0.1) is 11.3 Å². The fraction of sp³-hybridized carbons (Fsp3) is 0.0500. The summed E-state index contributed by atoms with van der Waals surface area (Å²) in [7, 11) is 1.88. The van der Waals surface area contributed by atoms with Gasteiger partial charge in [0.2, 0.25) is 0 Å². The van der Waals surface area contributed by atoms with Crippen molar-refractivity contribution in [1.29, 1.82) is 5.26 Å². The average Bonchev–Trinajstić information content (AvgIpc) is 3.13. The Morgan fingerprint density at radius 3 is 2.73 bits per heavy atom. The van der Waals surface area contributed by atoms with E-state index in [-0.39, 0.29) is 0 Å². The maximum absolute atomic E-state index is 9.13. The zero-order valence-electron chi connectivity index (χ0n) is 14.1. The minimum atomic E-state index is 0.619. The summed E-state index contributed by atoms with van der Waals surface area (Å²) in [5, 5.41) is 15.6. The maximum atomic E-state index is 9.13. The molecule has 0 bridgehead atoms. The molecule has 126 valence electrons. The van der Waals surface area contributed by atoms with Crippen molar-refractivity contribution in [3.05, 3.63) is 72.7 Å². The fourth-order valence-electron chi connectivity index (χ4n) is 2.86. The molecule has 26 heavy (non-hydrogen) atoms. The summed E-state index contributed by atoms with van der Waals surface area (Å²) >= 11 is 0. The van der Waals surface area contributed by atoms with Crippen molar-refractivity contribution in [2.75, 3.05) is 17.7 Å². The van der Waals surface area contributed by atoms with Crippen LogP contribution < -0.4 is 10.6 Å². The molecule has 0 radical (unpaired) electrons. The lowest BCUT2D eigenvalue weighted by atomic mass is 10.1. The molecular weight excluding hydrogens is 324 g/mol. The van der Waals surface area contributed by atoms with Crippen molar-refractivity contribution < 1.29 is 0 Å². The summed E-state index contributed by atoms with van der Waals surface area (Å²) in [6.45, 7) is 0. The van der Waals surface area contributed by atoms with Crippen LogP contribution in [0.1, 0.15) is 5.56 Å². The van der Waals surface area contributed by atoms with Crippen LogP contribution in [0.4, 0.5) is 17.2 Å². The molecule has 0 aliphatic carbocycles. The van der Waals surface area contributed by atoms with E-state index in [1.165, 1.54) is 0 Å². The van der Waals surface area contributed by atoms with Gasteiger partial charge in [-0.1, -0.05) is 18.2 Å². The van der Waals surface area contributed by atoms with E-state index in [9.17, 15) is 0 Å². The molecule has 0 aliphatic heterocycles. The molecule has 2 aromatic heterocycles. The minimum absolute atomic E-state index is 0.619. The highest BCUT2D eigenvalue weighted by atomic mass is 15.1. The van der Waals surface area contributed by atoms with Crippen LogP contribution in [0.2, 0.25) is 0 Å². The third-order valence-corrected chi connectivity index (χ3v) is 4.13. The van der Waals surface area contributed by atoms with Crippen LogP contribution in [0.15, 0.2) is 67.1 Å². The van der Waals surface area contributed by atoms with Gasteiger partial charge in [0.1, 0.15) is 0 Å². The SMILES string of the molecule is CNc1cccc(Nc2nccn3c(-c4cccc(C#N)c4)cnc23)c1. The number of nitriles is 1. The number of hydrogen-bond donors (Lipinski definition) is 2. The number of aromatic nitrogens is 3. The van der Waals surface area contributed by atoms with E-state index in [1.54, 1.807) is 18.5 Å². The van der Waals surface area contributed by atoms with E-state index in [0.29, 0.717) is 11.4 Å². The van der Waals surface area contributed by atoms with Crippen molar-refractivity contribution in [1.82, 2.24) is 14.4 Å². The standard InChI is InChI=1S/C20H16N6/c1-22-16-6-3-7-17(11-16)25-19-20-24-13-18(26(20)9-8-23-19)15-5-2-4-14(10-15)12-21/h2-11,13,22H,1H3,(H,23,25). The number of rotatable bonds is 4. The van der Waals surface area contributed by atoms with E-state index >= 15 is 0 Å². The van der Waals surface area contributed by atoms with Crippen molar-refractivity contribution in [2.24, 2.45) is 0 Å². The minimum Gasteiger partial charge on any atom is -0.388 e. The Kier molecular flexibility index (Phi) is 3.96.